The Kier molecular flexibility index (Phi) is 4.49. The number of benzene rings is 1. The Hall–Kier alpha value is -1.90. The van der Waals surface area contributed by atoms with E-state index in [4.69, 9.17) is 14.3 Å². The molecule has 8 heteroatoms. The van der Waals surface area contributed by atoms with Gasteiger partial charge in [0.05, 0.1) is 12.3 Å². The number of ether oxygens (including phenoxy) is 3. The molecule has 3 aliphatic rings. The van der Waals surface area contributed by atoms with E-state index in [-0.39, 0.29) is 11.9 Å². The zero-order valence-corrected chi connectivity index (χ0v) is 13.6. The molecule has 3 aliphatic heterocycles. The lowest BCUT2D eigenvalue weighted by Crippen LogP contribution is -2.29. The molecular formula is C17H20F2N2O4. The Morgan fingerprint density at radius 1 is 1.28 bits per heavy atom. The molecule has 6 nitrogen and oxygen atoms in total. The monoisotopic (exact) mass is 354 g/mol. The van der Waals surface area contributed by atoms with E-state index in [0.29, 0.717) is 25.5 Å². The summed E-state index contributed by atoms with van der Waals surface area (Å²) in [5, 5.41) is 3.18. The second-order valence-corrected chi connectivity index (χ2v) is 6.40. The van der Waals surface area contributed by atoms with Crippen molar-refractivity contribution in [1.82, 2.24) is 10.8 Å². The Labute approximate surface area is 144 Å². The third-order valence-corrected chi connectivity index (χ3v) is 4.57. The molecular weight excluding hydrogens is 334 g/mol. The second kappa shape index (κ2) is 6.78. The van der Waals surface area contributed by atoms with Crippen molar-refractivity contribution >= 4 is 5.70 Å². The minimum atomic E-state index is -2.90. The average molecular weight is 354 g/mol. The van der Waals surface area contributed by atoms with Crippen molar-refractivity contribution < 1.29 is 27.8 Å². The topological polar surface area (TPSA) is 61.0 Å². The van der Waals surface area contributed by atoms with Gasteiger partial charge < -0.3 is 19.5 Å². The fraction of sp³-hybridized carbons (Fsp3) is 0.529. The summed E-state index contributed by atoms with van der Waals surface area (Å²) in [7, 11) is 0. The molecule has 0 aromatic heterocycles. The minimum absolute atomic E-state index is 0.0316. The van der Waals surface area contributed by atoms with Gasteiger partial charge in [0, 0.05) is 25.1 Å². The molecule has 0 saturated carbocycles. The van der Waals surface area contributed by atoms with Crippen LogP contribution in [0, 0.1) is 0 Å². The molecule has 136 valence electrons. The number of hydrogen-bond acceptors (Lipinski definition) is 6. The lowest BCUT2D eigenvalue weighted by Gasteiger charge is -2.17. The number of rotatable bonds is 5. The second-order valence-electron chi connectivity index (χ2n) is 6.40. The SMILES string of the molecule is FC(F)Oc1ccc(C2=CC3(CCOC3)ON2)cc1O[C@H]1CCNC1. The van der Waals surface area contributed by atoms with Crippen molar-refractivity contribution in [2.45, 2.75) is 31.2 Å². The van der Waals surface area contributed by atoms with Gasteiger partial charge in [-0.1, -0.05) is 0 Å². The maximum absolute atomic E-state index is 12.7. The summed E-state index contributed by atoms with van der Waals surface area (Å²) >= 11 is 0. The third-order valence-electron chi connectivity index (χ3n) is 4.57. The van der Waals surface area contributed by atoms with Crippen molar-refractivity contribution in [2.75, 3.05) is 26.3 Å². The van der Waals surface area contributed by atoms with E-state index < -0.39 is 12.2 Å². The van der Waals surface area contributed by atoms with Crippen LogP contribution in [0.15, 0.2) is 24.3 Å². The number of nitrogens with one attached hydrogen (secondary N) is 2. The molecule has 0 bridgehead atoms. The molecule has 1 unspecified atom stereocenters. The molecule has 3 heterocycles. The van der Waals surface area contributed by atoms with Crippen LogP contribution in [0.3, 0.4) is 0 Å². The van der Waals surface area contributed by atoms with Crippen LogP contribution in [-0.4, -0.2) is 44.6 Å². The molecule has 25 heavy (non-hydrogen) atoms. The summed E-state index contributed by atoms with van der Waals surface area (Å²) < 4.78 is 41.2. The van der Waals surface area contributed by atoms with E-state index in [1.54, 1.807) is 12.1 Å². The van der Waals surface area contributed by atoms with Gasteiger partial charge in [0.15, 0.2) is 11.5 Å². The number of alkyl halides is 2. The van der Waals surface area contributed by atoms with Crippen LogP contribution >= 0.6 is 0 Å². The van der Waals surface area contributed by atoms with Gasteiger partial charge in [-0.05, 0) is 37.2 Å². The molecule has 2 saturated heterocycles. The first-order valence-corrected chi connectivity index (χ1v) is 8.35. The Bertz CT molecular complexity index is 656. The van der Waals surface area contributed by atoms with Crippen LogP contribution < -0.4 is 20.3 Å². The Morgan fingerprint density at radius 3 is 2.92 bits per heavy atom. The van der Waals surface area contributed by atoms with Crippen LogP contribution in [0.2, 0.25) is 0 Å². The first-order valence-electron chi connectivity index (χ1n) is 8.35. The average Bonchev–Trinajstić information content (AvgIpc) is 3.33. The number of hydroxylamine groups is 1. The van der Waals surface area contributed by atoms with Crippen LogP contribution in [0.4, 0.5) is 8.78 Å². The molecule has 4 rings (SSSR count). The summed E-state index contributed by atoms with van der Waals surface area (Å²) in [6.45, 7) is -0.231. The maximum atomic E-state index is 12.7. The van der Waals surface area contributed by atoms with Gasteiger partial charge in [-0.15, -0.1) is 0 Å². The molecule has 1 spiro atoms. The summed E-state index contributed by atoms with van der Waals surface area (Å²) in [6, 6.07) is 4.90. The molecule has 2 fully saturated rings. The lowest BCUT2D eigenvalue weighted by atomic mass is 10.0. The van der Waals surface area contributed by atoms with Gasteiger partial charge in [-0.25, -0.2) is 0 Å². The molecule has 1 aromatic rings. The van der Waals surface area contributed by atoms with Gasteiger partial charge in [0.1, 0.15) is 11.7 Å². The highest BCUT2D eigenvalue weighted by Gasteiger charge is 2.39. The Morgan fingerprint density at radius 2 is 2.20 bits per heavy atom. The molecule has 0 radical (unpaired) electrons. The van der Waals surface area contributed by atoms with Crippen LogP contribution in [0.5, 0.6) is 11.5 Å². The van der Waals surface area contributed by atoms with Crippen molar-refractivity contribution in [1.29, 1.82) is 0 Å². The van der Waals surface area contributed by atoms with Gasteiger partial charge in [-0.3, -0.25) is 10.3 Å². The van der Waals surface area contributed by atoms with Crippen molar-refractivity contribution in [3.63, 3.8) is 0 Å². The van der Waals surface area contributed by atoms with Gasteiger partial charge in [0.2, 0.25) is 0 Å². The number of hydrogen-bond donors (Lipinski definition) is 2. The zero-order chi connectivity index (χ0) is 17.3. The van der Waals surface area contributed by atoms with E-state index in [0.717, 1.165) is 30.6 Å². The predicted molar refractivity (Wildman–Crippen MR) is 85.3 cm³/mol. The quantitative estimate of drug-likeness (QED) is 0.844. The smallest absolute Gasteiger partial charge is 0.387 e. The van der Waals surface area contributed by atoms with Gasteiger partial charge >= 0.3 is 6.61 Å². The highest BCUT2D eigenvalue weighted by Crippen LogP contribution is 2.37. The third kappa shape index (κ3) is 3.56. The maximum Gasteiger partial charge on any atom is 0.387 e. The molecule has 1 aromatic carbocycles. The fourth-order valence-electron chi connectivity index (χ4n) is 3.25. The van der Waals surface area contributed by atoms with Crippen LogP contribution in [-0.2, 0) is 9.57 Å². The predicted octanol–water partition coefficient (Wildman–Crippen LogP) is 2.06. The highest BCUT2D eigenvalue weighted by molar-refractivity contribution is 5.68. The molecule has 2 atom stereocenters. The van der Waals surface area contributed by atoms with E-state index in [1.807, 2.05) is 6.08 Å². The lowest BCUT2D eigenvalue weighted by molar-refractivity contribution is -0.0520. The van der Waals surface area contributed by atoms with E-state index in [2.05, 4.69) is 15.5 Å². The standard InChI is InChI=1S/C17H20F2N2O4/c18-16(19)24-14-2-1-11(7-15(14)23-12-3-5-20-9-12)13-8-17(25-21-13)4-6-22-10-17/h1-2,7-8,12,16,20-21H,3-6,9-10H2/t12-,17?/m0/s1. The first-order chi connectivity index (χ1) is 12.1. The van der Waals surface area contributed by atoms with Gasteiger partial charge in [0.25, 0.3) is 0 Å². The van der Waals surface area contributed by atoms with Crippen LogP contribution in [0.1, 0.15) is 18.4 Å². The molecule has 0 aliphatic carbocycles. The summed E-state index contributed by atoms with van der Waals surface area (Å²) in [4.78, 5) is 5.67. The number of halogens is 2. The first kappa shape index (κ1) is 16.6. The Balaban J connectivity index is 1.60. The summed E-state index contributed by atoms with van der Waals surface area (Å²) in [6.07, 6.45) is 3.51. The van der Waals surface area contributed by atoms with Crippen molar-refractivity contribution in [2.24, 2.45) is 0 Å². The summed E-state index contributed by atoms with van der Waals surface area (Å²) in [5.41, 5.74) is 4.01. The van der Waals surface area contributed by atoms with E-state index in [1.165, 1.54) is 6.07 Å². The van der Waals surface area contributed by atoms with Gasteiger partial charge in [-0.2, -0.15) is 8.78 Å². The van der Waals surface area contributed by atoms with E-state index >= 15 is 0 Å². The molecule has 0 amide bonds. The van der Waals surface area contributed by atoms with Crippen LogP contribution in [0.25, 0.3) is 5.70 Å². The largest absolute Gasteiger partial charge is 0.485 e. The zero-order valence-electron chi connectivity index (χ0n) is 13.6. The van der Waals surface area contributed by atoms with Crippen molar-refractivity contribution in [3.05, 3.63) is 29.8 Å². The van der Waals surface area contributed by atoms with Crippen molar-refractivity contribution in [3.8, 4) is 11.5 Å². The van der Waals surface area contributed by atoms with E-state index in [9.17, 15) is 8.78 Å². The minimum Gasteiger partial charge on any atom is -0.485 e. The fourth-order valence-corrected chi connectivity index (χ4v) is 3.25. The molecule has 2 N–H and O–H groups in total. The summed E-state index contributed by atoms with van der Waals surface area (Å²) in [5.74, 6) is 0.335. The normalized spacial score (nSPS) is 28.4. The highest BCUT2D eigenvalue weighted by atomic mass is 19.3.